The SMILES string of the molecule is ClCC1CCC1(Br)C1CCC1. The van der Waals surface area contributed by atoms with Gasteiger partial charge in [0.05, 0.1) is 0 Å². The van der Waals surface area contributed by atoms with E-state index in [1.54, 1.807) is 0 Å². The second-order valence-electron chi connectivity index (χ2n) is 3.94. The van der Waals surface area contributed by atoms with Gasteiger partial charge in [0.1, 0.15) is 0 Å². The Balaban J connectivity index is 1.97. The number of alkyl halides is 2. The van der Waals surface area contributed by atoms with Gasteiger partial charge in [0.2, 0.25) is 0 Å². The quantitative estimate of drug-likeness (QED) is 0.644. The highest BCUT2D eigenvalue weighted by Gasteiger charge is 2.50. The molecule has 64 valence electrons. The Labute approximate surface area is 81.8 Å². The van der Waals surface area contributed by atoms with Gasteiger partial charge in [0, 0.05) is 10.2 Å². The minimum Gasteiger partial charge on any atom is -0.126 e. The van der Waals surface area contributed by atoms with E-state index in [0.29, 0.717) is 4.32 Å². The Hall–Kier alpha value is 0.770. The molecular formula is C9H14BrCl. The van der Waals surface area contributed by atoms with Crippen LogP contribution in [0.5, 0.6) is 0 Å². The van der Waals surface area contributed by atoms with Crippen molar-refractivity contribution in [1.82, 2.24) is 0 Å². The Kier molecular flexibility index (Phi) is 2.22. The highest BCUT2D eigenvalue weighted by molar-refractivity contribution is 9.10. The number of rotatable bonds is 2. The van der Waals surface area contributed by atoms with Gasteiger partial charge in [-0.05, 0) is 37.5 Å². The molecule has 0 spiro atoms. The molecule has 0 radical (unpaired) electrons. The van der Waals surface area contributed by atoms with Crippen LogP contribution in [0.4, 0.5) is 0 Å². The molecule has 0 heterocycles. The van der Waals surface area contributed by atoms with Crippen LogP contribution < -0.4 is 0 Å². The molecule has 0 N–H and O–H groups in total. The van der Waals surface area contributed by atoms with Crippen LogP contribution in [0.1, 0.15) is 32.1 Å². The summed E-state index contributed by atoms with van der Waals surface area (Å²) in [6.07, 6.45) is 6.99. The second-order valence-corrected chi connectivity index (χ2v) is 5.73. The van der Waals surface area contributed by atoms with Crippen LogP contribution in [0, 0.1) is 11.8 Å². The number of hydrogen-bond acceptors (Lipinski definition) is 0. The van der Waals surface area contributed by atoms with E-state index in [9.17, 15) is 0 Å². The van der Waals surface area contributed by atoms with Crippen LogP contribution in [0.3, 0.4) is 0 Å². The summed E-state index contributed by atoms with van der Waals surface area (Å²) >= 11 is 9.77. The van der Waals surface area contributed by atoms with Crippen LogP contribution in [0.15, 0.2) is 0 Å². The fourth-order valence-corrected chi connectivity index (χ4v) is 3.95. The van der Waals surface area contributed by atoms with Crippen LogP contribution in [0.25, 0.3) is 0 Å². The van der Waals surface area contributed by atoms with E-state index in [4.69, 9.17) is 11.6 Å². The standard InChI is InChI=1S/C9H14BrCl/c10-9(7-2-1-3-7)5-4-8(9)6-11/h7-8H,1-6H2. The fourth-order valence-electron chi connectivity index (χ4n) is 2.26. The van der Waals surface area contributed by atoms with Gasteiger partial charge in [-0.15, -0.1) is 11.6 Å². The Morgan fingerprint density at radius 2 is 2.09 bits per heavy atom. The van der Waals surface area contributed by atoms with Gasteiger partial charge in [0.15, 0.2) is 0 Å². The van der Waals surface area contributed by atoms with Crippen LogP contribution >= 0.6 is 27.5 Å². The van der Waals surface area contributed by atoms with E-state index in [-0.39, 0.29) is 0 Å². The minimum absolute atomic E-state index is 0.465. The van der Waals surface area contributed by atoms with Crippen molar-refractivity contribution in [3.8, 4) is 0 Å². The van der Waals surface area contributed by atoms with Crippen molar-refractivity contribution in [3.05, 3.63) is 0 Å². The average molecular weight is 238 g/mol. The summed E-state index contributed by atoms with van der Waals surface area (Å²) < 4.78 is 0.465. The first-order valence-electron chi connectivity index (χ1n) is 4.52. The lowest BCUT2D eigenvalue weighted by Crippen LogP contribution is -2.50. The number of hydrogen-bond donors (Lipinski definition) is 0. The molecule has 2 heteroatoms. The van der Waals surface area contributed by atoms with Crippen molar-refractivity contribution >= 4 is 27.5 Å². The first-order chi connectivity index (χ1) is 5.27. The Morgan fingerprint density at radius 1 is 1.36 bits per heavy atom. The lowest BCUT2D eigenvalue weighted by atomic mass is 9.61. The molecule has 0 aromatic heterocycles. The molecule has 2 aliphatic carbocycles. The molecule has 2 aliphatic rings. The summed E-state index contributed by atoms with van der Waals surface area (Å²) in [6, 6.07) is 0. The molecule has 0 bridgehead atoms. The molecule has 0 saturated heterocycles. The zero-order valence-corrected chi connectivity index (χ0v) is 9.00. The molecule has 0 aromatic rings. The van der Waals surface area contributed by atoms with Gasteiger partial charge in [-0.1, -0.05) is 22.4 Å². The molecular weight excluding hydrogens is 223 g/mol. The van der Waals surface area contributed by atoms with Gasteiger partial charge < -0.3 is 0 Å². The van der Waals surface area contributed by atoms with Gasteiger partial charge in [0.25, 0.3) is 0 Å². The third kappa shape index (κ3) is 1.16. The molecule has 2 rings (SSSR count). The van der Waals surface area contributed by atoms with Crippen molar-refractivity contribution in [3.63, 3.8) is 0 Å². The van der Waals surface area contributed by atoms with Crippen molar-refractivity contribution < 1.29 is 0 Å². The topological polar surface area (TPSA) is 0 Å². The van der Waals surface area contributed by atoms with E-state index in [2.05, 4.69) is 15.9 Å². The van der Waals surface area contributed by atoms with Crippen molar-refractivity contribution in [2.75, 3.05) is 5.88 Å². The van der Waals surface area contributed by atoms with Crippen molar-refractivity contribution in [2.45, 2.75) is 36.4 Å². The Bertz CT molecular complexity index is 144. The molecule has 0 amide bonds. The van der Waals surface area contributed by atoms with Gasteiger partial charge in [-0.2, -0.15) is 0 Å². The number of halogens is 2. The monoisotopic (exact) mass is 236 g/mol. The molecule has 2 fully saturated rings. The second kappa shape index (κ2) is 2.92. The largest absolute Gasteiger partial charge is 0.126 e. The predicted molar refractivity (Wildman–Crippen MR) is 52.4 cm³/mol. The average Bonchev–Trinajstić information content (AvgIpc) is 1.82. The summed E-state index contributed by atoms with van der Waals surface area (Å²) in [4.78, 5) is 0. The van der Waals surface area contributed by atoms with Crippen LogP contribution in [-0.2, 0) is 0 Å². The maximum atomic E-state index is 5.88. The first kappa shape index (κ1) is 8.37. The molecule has 11 heavy (non-hydrogen) atoms. The summed E-state index contributed by atoms with van der Waals surface area (Å²) in [5.41, 5.74) is 0. The summed E-state index contributed by atoms with van der Waals surface area (Å²) in [5, 5.41) is 0. The molecule has 2 atom stereocenters. The summed E-state index contributed by atoms with van der Waals surface area (Å²) in [5.74, 6) is 2.55. The van der Waals surface area contributed by atoms with E-state index in [1.807, 2.05) is 0 Å². The van der Waals surface area contributed by atoms with Gasteiger partial charge in [-0.25, -0.2) is 0 Å². The van der Waals surface area contributed by atoms with Crippen molar-refractivity contribution in [1.29, 1.82) is 0 Å². The maximum Gasteiger partial charge on any atom is 0.0325 e. The normalized spacial score (nSPS) is 44.7. The van der Waals surface area contributed by atoms with E-state index in [1.165, 1.54) is 32.1 Å². The van der Waals surface area contributed by atoms with Gasteiger partial charge >= 0.3 is 0 Å². The fraction of sp³-hybridized carbons (Fsp3) is 1.00. The predicted octanol–water partition coefficient (Wildman–Crippen LogP) is 3.57. The van der Waals surface area contributed by atoms with E-state index < -0.39 is 0 Å². The van der Waals surface area contributed by atoms with Crippen molar-refractivity contribution in [2.24, 2.45) is 11.8 Å². The highest BCUT2D eigenvalue weighted by atomic mass is 79.9. The smallest absolute Gasteiger partial charge is 0.0325 e. The third-order valence-electron chi connectivity index (χ3n) is 3.52. The molecule has 0 aromatic carbocycles. The molecule has 0 aliphatic heterocycles. The lowest BCUT2D eigenvalue weighted by molar-refractivity contribution is 0.111. The Morgan fingerprint density at radius 3 is 2.36 bits per heavy atom. The van der Waals surface area contributed by atoms with Crippen LogP contribution in [-0.4, -0.2) is 10.2 Å². The molecule has 2 saturated carbocycles. The van der Waals surface area contributed by atoms with Gasteiger partial charge in [-0.3, -0.25) is 0 Å². The summed E-state index contributed by atoms with van der Waals surface area (Å²) in [7, 11) is 0. The van der Waals surface area contributed by atoms with Crippen LogP contribution in [0.2, 0.25) is 0 Å². The van der Waals surface area contributed by atoms with E-state index in [0.717, 1.165) is 17.7 Å². The summed E-state index contributed by atoms with van der Waals surface area (Å²) in [6.45, 7) is 0. The zero-order valence-electron chi connectivity index (χ0n) is 6.65. The maximum absolute atomic E-state index is 5.88. The zero-order chi connectivity index (χ0) is 7.90. The first-order valence-corrected chi connectivity index (χ1v) is 5.85. The highest BCUT2D eigenvalue weighted by Crippen LogP contribution is 2.56. The molecule has 0 nitrogen and oxygen atoms in total. The minimum atomic E-state index is 0.465. The van der Waals surface area contributed by atoms with E-state index >= 15 is 0 Å². The third-order valence-corrected chi connectivity index (χ3v) is 5.59. The lowest BCUT2D eigenvalue weighted by Gasteiger charge is -2.53. The molecule has 2 unspecified atom stereocenters.